The predicted molar refractivity (Wildman–Crippen MR) is 159 cm³/mol. The number of nitrogens with two attached hydrogens (primary N) is 2. The van der Waals surface area contributed by atoms with E-state index in [1.165, 1.54) is 0 Å². The normalized spacial score (nSPS) is 12.3. The number of aromatic nitrogens is 2. The Kier molecular flexibility index (Phi) is 10.5. The van der Waals surface area contributed by atoms with Crippen LogP contribution in [-0.2, 0) is 11.2 Å². The van der Waals surface area contributed by atoms with Crippen LogP contribution < -0.4 is 21.5 Å². The van der Waals surface area contributed by atoms with Gasteiger partial charge in [0.05, 0.1) is 18.7 Å². The van der Waals surface area contributed by atoms with E-state index in [0.717, 1.165) is 45.3 Å². The largest absolute Gasteiger partial charge is 0.453 e. The van der Waals surface area contributed by atoms with Gasteiger partial charge in [-0.05, 0) is 55.6 Å². The number of aliphatic hydroxyl groups is 1. The number of carbonyl (C=O) groups excluding carboxylic acids is 1. The summed E-state index contributed by atoms with van der Waals surface area (Å²) in [6, 6.07) is 28.6. The lowest BCUT2D eigenvalue weighted by Gasteiger charge is -2.19. The van der Waals surface area contributed by atoms with Crippen LogP contribution in [0.4, 0.5) is 0 Å². The molecule has 0 aliphatic heterocycles. The van der Waals surface area contributed by atoms with Gasteiger partial charge < -0.3 is 26.6 Å². The number of benzene rings is 3. The van der Waals surface area contributed by atoms with Crippen LogP contribution in [-0.4, -0.2) is 46.2 Å². The number of ether oxygens (including phenoxy) is 1. The number of amides is 1. The first-order chi connectivity index (χ1) is 19.6. The maximum absolute atomic E-state index is 11.8. The fourth-order valence-electron chi connectivity index (χ4n) is 4.27. The Morgan fingerprint density at radius 3 is 1.95 bits per heavy atom. The Hall–Kier alpha value is -4.37. The first kappa shape index (κ1) is 28.6. The van der Waals surface area contributed by atoms with Crippen molar-refractivity contribution in [3.63, 3.8) is 0 Å². The van der Waals surface area contributed by atoms with Gasteiger partial charge in [0.15, 0.2) is 11.5 Å². The number of pyridine rings is 2. The summed E-state index contributed by atoms with van der Waals surface area (Å²) in [7, 11) is 0. The van der Waals surface area contributed by atoms with Crippen LogP contribution in [0, 0.1) is 0 Å². The SMILES string of the molecule is NCCC[C@@H](N)C(=O)N[C@@H](CO)Cc1ccccc1.c1cnc2c(Oc3cccc4cccnc34)cccc2c1. The molecule has 2 aromatic heterocycles. The average molecular weight is 538 g/mol. The molecule has 5 aromatic rings. The molecule has 0 fully saturated rings. The molecule has 0 aliphatic carbocycles. The highest BCUT2D eigenvalue weighted by molar-refractivity contribution is 5.87. The second-order valence-electron chi connectivity index (χ2n) is 9.38. The molecule has 1 amide bonds. The molecular weight excluding hydrogens is 502 g/mol. The van der Waals surface area contributed by atoms with E-state index in [0.29, 0.717) is 19.4 Å². The van der Waals surface area contributed by atoms with Gasteiger partial charge in [-0.25, -0.2) is 0 Å². The minimum absolute atomic E-state index is 0.107. The van der Waals surface area contributed by atoms with Crippen molar-refractivity contribution in [2.45, 2.75) is 31.3 Å². The van der Waals surface area contributed by atoms with Crippen LogP contribution >= 0.6 is 0 Å². The third-order valence-corrected chi connectivity index (χ3v) is 6.36. The number of fused-ring (bicyclic) bond motifs is 2. The molecule has 0 spiro atoms. The molecule has 206 valence electrons. The average Bonchev–Trinajstić information content (AvgIpc) is 3.00. The minimum Gasteiger partial charge on any atom is -0.453 e. The van der Waals surface area contributed by atoms with Gasteiger partial charge in [0.2, 0.25) is 5.91 Å². The van der Waals surface area contributed by atoms with E-state index < -0.39 is 6.04 Å². The van der Waals surface area contributed by atoms with Gasteiger partial charge in [0.1, 0.15) is 11.0 Å². The Morgan fingerprint density at radius 1 is 0.825 bits per heavy atom. The smallest absolute Gasteiger partial charge is 0.237 e. The number of nitrogens with zero attached hydrogens (tertiary/aromatic N) is 2. The second-order valence-corrected chi connectivity index (χ2v) is 9.38. The van der Waals surface area contributed by atoms with E-state index in [2.05, 4.69) is 15.3 Å². The summed E-state index contributed by atoms with van der Waals surface area (Å²) in [4.78, 5) is 20.6. The Labute approximate surface area is 234 Å². The summed E-state index contributed by atoms with van der Waals surface area (Å²) in [5, 5.41) is 14.2. The van der Waals surface area contributed by atoms with E-state index in [9.17, 15) is 9.90 Å². The maximum Gasteiger partial charge on any atom is 0.237 e. The van der Waals surface area contributed by atoms with Crippen LogP contribution in [0.15, 0.2) is 103 Å². The summed E-state index contributed by atoms with van der Waals surface area (Å²) in [5.74, 6) is 1.25. The summed E-state index contributed by atoms with van der Waals surface area (Å²) in [5.41, 5.74) is 13.9. The lowest BCUT2D eigenvalue weighted by Crippen LogP contribution is -2.47. The van der Waals surface area contributed by atoms with E-state index in [1.54, 1.807) is 12.4 Å². The summed E-state index contributed by atoms with van der Waals surface area (Å²) in [6.45, 7) is 0.415. The first-order valence-corrected chi connectivity index (χ1v) is 13.3. The molecule has 0 aliphatic rings. The topological polar surface area (TPSA) is 136 Å². The number of aliphatic hydroxyl groups excluding tert-OH is 1. The van der Waals surface area contributed by atoms with Gasteiger partial charge in [-0.15, -0.1) is 0 Å². The molecule has 2 heterocycles. The van der Waals surface area contributed by atoms with Gasteiger partial charge in [-0.3, -0.25) is 14.8 Å². The zero-order valence-corrected chi connectivity index (χ0v) is 22.3. The van der Waals surface area contributed by atoms with Gasteiger partial charge >= 0.3 is 0 Å². The molecule has 3 aromatic carbocycles. The Bertz CT molecular complexity index is 1430. The van der Waals surface area contributed by atoms with Gasteiger partial charge in [-0.2, -0.15) is 0 Å². The summed E-state index contributed by atoms with van der Waals surface area (Å²) in [6.07, 6.45) is 5.42. The van der Waals surface area contributed by atoms with E-state index >= 15 is 0 Å². The van der Waals surface area contributed by atoms with Gasteiger partial charge in [0.25, 0.3) is 0 Å². The Morgan fingerprint density at radius 2 is 1.40 bits per heavy atom. The fourth-order valence-corrected chi connectivity index (χ4v) is 4.27. The predicted octanol–water partition coefficient (Wildman–Crippen LogP) is 4.35. The molecule has 0 radical (unpaired) electrons. The maximum atomic E-state index is 11.8. The molecule has 0 saturated heterocycles. The van der Waals surface area contributed by atoms with E-state index in [4.69, 9.17) is 16.2 Å². The zero-order chi connectivity index (χ0) is 28.2. The fraction of sp³-hybridized carbons (Fsp3) is 0.219. The number of hydrogen-bond donors (Lipinski definition) is 4. The molecule has 0 bridgehead atoms. The van der Waals surface area contributed by atoms with E-state index in [1.807, 2.05) is 91.0 Å². The van der Waals surface area contributed by atoms with Crippen molar-refractivity contribution in [3.8, 4) is 11.5 Å². The number of hydrogen-bond acceptors (Lipinski definition) is 7. The summed E-state index contributed by atoms with van der Waals surface area (Å²) >= 11 is 0. The molecule has 40 heavy (non-hydrogen) atoms. The van der Waals surface area contributed by atoms with Crippen molar-refractivity contribution in [1.29, 1.82) is 0 Å². The molecular formula is C32H35N5O3. The highest BCUT2D eigenvalue weighted by atomic mass is 16.5. The highest BCUT2D eigenvalue weighted by Gasteiger charge is 2.17. The van der Waals surface area contributed by atoms with Crippen molar-refractivity contribution in [3.05, 3.63) is 109 Å². The molecule has 0 saturated carbocycles. The number of rotatable bonds is 10. The molecule has 8 heteroatoms. The van der Waals surface area contributed by atoms with Crippen molar-refractivity contribution < 1.29 is 14.6 Å². The van der Waals surface area contributed by atoms with Gasteiger partial charge in [0, 0.05) is 23.2 Å². The monoisotopic (exact) mass is 537 g/mol. The molecule has 6 N–H and O–H groups in total. The van der Waals surface area contributed by atoms with Crippen molar-refractivity contribution in [2.24, 2.45) is 11.5 Å². The first-order valence-electron chi connectivity index (χ1n) is 13.3. The van der Waals surface area contributed by atoms with Crippen LogP contribution in [0.2, 0.25) is 0 Å². The van der Waals surface area contributed by atoms with Crippen LogP contribution in [0.5, 0.6) is 11.5 Å². The highest BCUT2D eigenvalue weighted by Crippen LogP contribution is 2.31. The van der Waals surface area contributed by atoms with E-state index in [-0.39, 0.29) is 18.6 Å². The molecule has 2 atom stereocenters. The lowest BCUT2D eigenvalue weighted by molar-refractivity contribution is -0.123. The second kappa shape index (κ2) is 14.7. The number of nitrogens with one attached hydrogen (secondary N) is 1. The van der Waals surface area contributed by atoms with Crippen molar-refractivity contribution >= 4 is 27.7 Å². The third-order valence-electron chi connectivity index (χ3n) is 6.36. The standard InChI is InChI=1S/C18H12N2O.C14H23N3O2/c1-5-13-7-3-11-19-17(13)15(9-1)21-16-10-2-6-14-8-4-12-20-18(14)16;15-8-4-7-13(16)14(19)17-12(10-18)9-11-5-2-1-3-6-11/h1-12H;1-3,5-6,12-13,18H,4,7-10,15-16H2,(H,17,19)/t;12-,13-/m.1/s1. The lowest BCUT2D eigenvalue weighted by atomic mass is 10.1. The van der Waals surface area contributed by atoms with Crippen LogP contribution in [0.1, 0.15) is 18.4 Å². The van der Waals surface area contributed by atoms with Crippen LogP contribution in [0.3, 0.4) is 0 Å². The molecule has 8 nitrogen and oxygen atoms in total. The minimum atomic E-state index is -0.562. The van der Waals surface area contributed by atoms with Crippen molar-refractivity contribution in [1.82, 2.24) is 15.3 Å². The quantitative estimate of drug-likeness (QED) is 0.208. The third kappa shape index (κ3) is 7.83. The van der Waals surface area contributed by atoms with Crippen molar-refractivity contribution in [2.75, 3.05) is 13.2 Å². The summed E-state index contributed by atoms with van der Waals surface area (Å²) < 4.78 is 6.08. The molecule has 0 unspecified atom stereocenters. The number of carbonyl (C=O) groups is 1. The van der Waals surface area contributed by atoms with Crippen LogP contribution in [0.25, 0.3) is 21.8 Å². The Balaban J connectivity index is 0.000000186. The molecule has 5 rings (SSSR count). The number of para-hydroxylation sites is 2. The van der Waals surface area contributed by atoms with Gasteiger partial charge in [-0.1, -0.05) is 66.7 Å². The zero-order valence-electron chi connectivity index (χ0n) is 22.3.